The molecule has 10 heteroatoms. The van der Waals surface area contributed by atoms with Gasteiger partial charge < -0.3 is 15.0 Å². The normalized spacial score (nSPS) is 16.9. The van der Waals surface area contributed by atoms with Crippen LogP contribution < -0.4 is 5.32 Å². The van der Waals surface area contributed by atoms with E-state index < -0.39 is 11.4 Å². The average molecular weight is 461 g/mol. The highest BCUT2D eigenvalue weighted by molar-refractivity contribution is 6.29. The van der Waals surface area contributed by atoms with Crippen LogP contribution in [0, 0.1) is 12.7 Å². The average Bonchev–Trinajstić information content (AvgIpc) is 3.13. The standard InChI is InChI=1S/C22H26ClFN6O2/c1-13-7-9-30-16(10-13)15(11-25-30)19-27-18(23)17(24)20(28-19)26-14-6-5-8-29(12-14)21(31)32-22(2,3)4/h7,9-11,14H,5-6,8,12H2,1-4H3,(H,26,27,28)/t14-/m1/s1. The van der Waals surface area contributed by atoms with Gasteiger partial charge in [0.15, 0.2) is 16.8 Å². The van der Waals surface area contributed by atoms with Crippen LogP contribution in [0.4, 0.5) is 15.0 Å². The maximum absolute atomic E-state index is 14.8. The molecule has 170 valence electrons. The summed E-state index contributed by atoms with van der Waals surface area (Å²) >= 11 is 6.11. The van der Waals surface area contributed by atoms with Gasteiger partial charge in [-0.25, -0.2) is 19.3 Å². The van der Waals surface area contributed by atoms with Crippen LogP contribution in [0.5, 0.6) is 0 Å². The van der Waals surface area contributed by atoms with Crippen molar-refractivity contribution in [2.45, 2.75) is 52.2 Å². The molecule has 3 aromatic heterocycles. The number of pyridine rings is 1. The Morgan fingerprint density at radius 1 is 1.34 bits per heavy atom. The number of hydrogen-bond acceptors (Lipinski definition) is 6. The second-order valence-electron chi connectivity index (χ2n) is 9.00. The third-order valence-electron chi connectivity index (χ3n) is 5.14. The van der Waals surface area contributed by atoms with Crippen LogP contribution in [-0.4, -0.2) is 55.3 Å². The predicted octanol–water partition coefficient (Wildman–Crippen LogP) is 4.70. The van der Waals surface area contributed by atoms with E-state index in [4.69, 9.17) is 16.3 Å². The highest BCUT2D eigenvalue weighted by Crippen LogP contribution is 2.28. The van der Waals surface area contributed by atoms with Crippen molar-refractivity contribution in [3.05, 3.63) is 41.1 Å². The molecule has 3 aromatic rings. The number of likely N-dealkylation sites (tertiary alicyclic amines) is 1. The van der Waals surface area contributed by atoms with E-state index in [0.717, 1.165) is 23.9 Å². The van der Waals surface area contributed by atoms with E-state index in [1.807, 2.05) is 46.0 Å². The van der Waals surface area contributed by atoms with E-state index in [1.165, 1.54) is 0 Å². The van der Waals surface area contributed by atoms with E-state index in [9.17, 15) is 9.18 Å². The number of rotatable bonds is 3. The van der Waals surface area contributed by atoms with Gasteiger partial charge in [-0.1, -0.05) is 11.6 Å². The van der Waals surface area contributed by atoms with E-state index in [0.29, 0.717) is 18.7 Å². The number of aromatic nitrogens is 4. The van der Waals surface area contributed by atoms with Crippen molar-refractivity contribution in [2.24, 2.45) is 0 Å². The molecule has 8 nitrogen and oxygen atoms in total. The van der Waals surface area contributed by atoms with Crippen LogP contribution in [0.2, 0.25) is 5.15 Å². The summed E-state index contributed by atoms with van der Waals surface area (Å²) in [6, 6.07) is 3.70. The zero-order valence-electron chi connectivity index (χ0n) is 18.5. The van der Waals surface area contributed by atoms with Crippen molar-refractivity contribution >= 4 is 29.0 Å². The number of anilines is 1. The monoisotopic (exact) mass is 460 g/mol. The van der Waals surface area contributed by atoms with Crippen LogP contribution in [-0.2, 0) is 4.74 Å². The first-order valence-corrected chi connectivity index (χ1v) is 10.9. The summed E-state index contributed by atoms with van der Waals surface area (Å²) < 4.78 is 22.0. The van der Waals surface area contributed by atoms with Crippen molar-refractivity contribution in [1.82, 2.24) is 24.5 Å². The summed E-state index contributed by atoms with van der Waals surface area (Å²) in [7, 11) is 0. The van der Waals surface area contributed by atoms with E-state index in [-0.39, 0.29) is 28.9 Å². The number of piperidine rings is 1. The molecule has 0 aliphatic carbocycles. The summed E-state index contributed by atoms with van der Waals surface area (Å²) in [6.45, 7) is 8.42. The molecule has 1 amide bonds. The van der Waals surface area contributed by atoms with Gasteiger partial charge in [0.2, 0.25) is 5.82 Å². The molecule has 0 unspecified atom stereocenters. The molecule has 1 aliphatic heterocycles. The number of carbonyl (C=O) groups excluding carboxylic acids is 1. The zero-order chi connectivity index (χ0) is 23.0. The van der Waals surface area contributed by atoms with Crippen molar-refractivity contribution < 1.29 is 13.9 Å². The third kappa shape index (κ3) is 4.77. The van der Waals surface area contributed by atoms with E-state index in [1.54, 1.807) is 15.6 Å². The van der Waals surface area contributed by atoms with Gasteiger partial charge in [0.05, 0.1) is 17.3 Å². The Balaban J connectivity index is 1.58. The van der Waals surface area contributed by atoms with Crippen LogP contribution in [0.1, 0.15) is 39.2 Å². The summed E-state index contributed by atoms with van der Waals surface area (Å²) in [5.74, 6) is -0.445. The molecule has 1 fully saturated rings. The number of amides is 1. The lowest BCUT2D eigenvalue weighted by atomic mass is 10.1. The van der Waals surface area contributed by atoms with Crippen LogP contribution in [0.15, 0.2) is 24.5 Å². The molecular formula is C22H26ClFN6O2. The first kappa shape index (κ1) is 22.3. The van der Waals surface area contributed by atoms with Gasteiger partial charge in [-0.05, 0) is 58.2 Å². The van der Waals surface area contributed by atoms with Gasteiger partial charge in [0, 0.05) is 25.3 Å². The molecule has 32 heavy (non-hydrogen) atoms. The third-order valence-corrected chi connectivity index (χ3v) is 5.39. The minimum Gasteiger partial charge on any atom is -0.444 e. The lowest BCUT2D eigenvalue weighted by Crippen LogP contribution is -2.47. The molecule has 1 atom stereocenters. The largest absolute Gasteiger partial charge is 0.444 e. The number of nitrogens with zero attached hydrogens (tertiary/aromatic N) is 5. The van der Waals surface area contributed by atoms with Gasteiger partial charge in [-0.15, -0.1) is 0 Å². The fraction of sp³-hybridized carbons (Fsp3) is 0.455. The summed E-state index contributed by atoms with van der Waals surface area (Å²) in [5.41, 5.74) is 1.92. The summed E-state index contributed by atoms with van der Waals surface area (Å²) in [4.78, 5) is 22.6. The molecule has 4 rings (SSSR count). The highest BCUT2D eigenvalue weighted by Gasteiger charge is 2.29. The maximum Gasteiger partial charge on any atom is 0.410 e. The molecule has 0 bridgehead atoms. The Kier molecular flexibility index (Phi) is 5.94. The maximum atomic E-state index is 14.8. The van der Waals surface area contributed by atoms with Crippen molar-refractivity contribution in [2.75, 3.05) is 18.4 Å². The van der Waals surface area contributed by atoms with Crippen molar-refractivity contribution in [3.8, 4) is 11.4 Å². The van der Waals surface area contributed by atoms with Gasteiger partial charge in [-0.3, -0.25) is 0 Å². The number of carbonyl (C=O) groups is 1. The van der Waals surface area contributed by atoms with Crippen molar-refractivity contribution in [3.63, 3.8) is 0 Å². The fourth-order valence-corrected chi connectivity index (χ4v) is 3.84. The second-order valence-corrected chi connectivity index (χ2v) is 9.36. The van der Waals surface area contributed by atoms with Gasteiger partial charge in [0.25, 0.3) is 0 Å². The topological polar surface area (TPSA) is 84.7 Å². The minimum atomic E-state index is -0.725. The molecule has 0 spiro atoms. The Bertz CT molecular complexity index is 1160. The number of ether oxygens (including phenoxy) is 1. The zero-order valence-corrected chi connectivity index (χ0v) is 19.3. The SMILES string of the molecule is Cc1ccn2ncc(-c3nc(Cl)c(F)c(N[C@@H]4CCCN(C(=O)OC(C)(C)C)C4)n3)c2c1. The second kappa shape index (κ2) is 8.54. The minimum absolute atomic E-state index is 0.00282. The molecular weight excluding hydrogens is 435 g/mol. The Hall–Kier alpha value is -2.94. The Labute approximate surface area is 190 Å². The number of nitrogens with one attached hydrogen (secondary N) is 1. The van der Waals surface area contributed by atoms with Crippen LogP contribution in [0.3, 0.4) is 0 Å². The Morgan fingerprint density at radius 3 is 2.88 bits per heavy atom. The number of aryl methyl sites for hydroxylation is 1. The first-order valence-electron chi connectivity index (χ1n) is 10.5. The molecule has 1 aliphatic rings. The van der Waals surface area contributed by atoms with E-state index in [2.05, 4.69) is 20.4 Å². The quantitative estimate of drug-likeness (QED) is 0.570. The number of fused-ring (bicyclic) bond motifs is 1. The summed E-state index contributed by atoms with van der Waals surface area (Å²) in [6.07, 6.45) is 4.61. The molecule has 1 N–H and O–H groups in total. The predicted molar refractivity (Wildman–Crippen MR) is 120 cm³/mol. The highest BCUT2D eigenvalue weighted by atomic mass is 35.5. The molecule has 0 radical (unpaired) electrons. The molecule has 1 saturated heterocycles. The van der Waals surface area contributed by atoms with Gasteiger partial charge in [0.1, 0.15) is 5.60 Å². The lowest BCUT2D eigenvalue weighted by Gasteiger charge is -2.34. The van der Waals surface area contributed by atoms with Crippen LogP contribution >= 0.6 is 11.6 Å². The molecule has 4 heterocycles. The molecule has 0 aromatic carbocycles. The van der Waals surface area contributed by atoms with Crippen LogP contribution in [0.25, 0.3) is 16.9 Å². The smallest absolute Gasteiger partial charge is 0.410 e. The fourth-order valence-electron chi connectivity index (χ4n) is 3.68. The van der Waals surface area contributed by atoms with Crippen molar-refractivity contribution in [1.29, 1.82) is 0 Å². The van der Waals surface area contributed by atoms with E-state index >= 15 is 0 Å². The lowest BCUT2D eigenvalue weighted by molar-refractivity contribution is 0.0206. The Morgan fingerprint density at radius 2 is 2.12 bits per heavy atom. The number of hydrogen-bond donors (Lipinski definition) is 1. The number of halogens is 2. The molecule has 0 saturated carbocycles. The first-order chi connectivity index (χ1) is 15.1. The summed E-state index contributed by atoms with van der Waals surface area (Å²) in [5, 5.41) is 7.15. The van der Waals surface area contributed by atoms with Gasteiger partial charge >= 0.3 is 6.09 Å². The van der Waals surface area contributed by atoms with Gasteiger partial charge in [-0.2, -0.15) is 9.49 Å².